The monoisotopic (exact) mass is 385 g/mol. The van der Waals surface area contributed by atoms with Crippen molar-refractivity contribution in [1.82, 2.24) is 4.57 Å². The zero-order valence-corrected chi connectivity index (χ0v) is 17.9. The molecule has 1 heterocycles. The Morgan fingerprint density at radius 2 is 1.38 bits per heavy atom. The number of fused-ring (bicyclic) bond motifs is 1. The van der Waals surface area contributed by atoms with Crippen LogP contribution in [0.25, 0.3) is 22.4 Å². The summed E-state index contributed by atoms with van der Waals surface area (Å²) in [5.74, 6) is 1.73. The van der Waals surface area contributed by atoms with E-state index in [2.05, 4.69) is 97.8 Å². The van der Waals surface area contributed by atoms with E-state index in [0.29, 0.717) is 11.8 Å². The summed E-state index contributed by atoms with van der Waals surface area (Å²) in [5, 5.41) is 0. The van der Waals surface area contributed by atoms with Gasteiger partial charge < -0.3 is 4.74 Å². The standard InChI is InChI=1S/C26H29N2O/c1-18(2)20-11-10-12-21(19(3)4)26(20)28-17-27(22-13-6-7-14-23(22)28)24-15-8-9-16-25(24)29-5/h6-19H,1-5H3/q+1. The van der Waals surface area contributed by atoms with Crippen molar-refractivity contribution in [3.05, 3.63) is 84.2 Å². The van der Waals surface area contributed by atoms with E-state index in [0.717, 1.165) is 17.0 Å². The Balaban J connectivity index is 2.08. The summed E-state index contributed by atoms with van der Waals surface area (Å²) in [6.07, 6.45) is 2.20. The summed E-state index contributed by atoms with van der Waals surface area (Å²) in [4.78, 5) is 0. The molecule has 0 saturated carbocycles. The van der Waals surface area contributed by atoms with E-state index in [-0.39, 0.29) is 0 Å². The van der Waals surface area contributed by atoms with Crippen LogP contribution in [-0.4, -0.2) is 11.7 Å². The van der Waals surface area contributed by atoms with Crippen LogP contribution in [0.2, 0.25) is 0 Å². The smallest absolute Gasteiger partial charge is 0.255 e. The molecule has 0 N–H and O–H groups in total. The van der Waals surface area contributed by atoms with Gasteiger partial charge in [0.25, 0.3) is 6.33 Å². The second-order valence-electron chi connectivity index (χ2n) is 8.11. The van der Waals surface area contributed by atoms with Gasteiger partial charge in [0.15, 0.2) is 22.5 Å². The number of aromatic nitrogens is 2. The Labute approximate surface area is 173 Å². The number of imidazole rings is 1. The van der Waals surface area contributed by atoms with E-state index in [9.17, 15) is 0 Å². The van der Waals surface area contributed by atoms with Crippen molar-refractivity contribution in [3.8, 4) is 17.1 Å². The molecule has 4 aromatic rings. The fraction of sp³-hybridized carbons (Fsp3) is 0.269. The first-order chi connectivity index (χ1) is 14.0. The van der Waals surface area contributed by atoms with Gasteiger partial charge in [0.1, 0.15) is 5.69 Å². The first kappa shape index (κ1) is 19.3. The second kappa shape index (κ2) is 7.75. The van der Waals surface area contributed by atoms with Crippen molar-refractivity contribution < 1.29 is 9.30 Å². The van der Waals surface area contributed by atoms with E-state index in [1.54, 1.807) is 7.11 Å². The van der Waals surface area contributed by atoms with Gasteiger partial charge >= 0.3 is 0 Å². The van der Waals surface area contributed by atoms with Crippen LogP contribution >= 0.6 is 0 Å². The highest BCUT2D eigenvalue weighted by Gasteiger charge is 2.25. The zero-order chi connectivity index (χ0) is 20.5. The van der Waals surface area contributed by atoms with Gasteiger partial charge in [-0.2, -0.15) is 9.13 Å². The number of ether oxygens (including phenoxy) is 1. The molecule has 3 aromatic carbocycles. The average molecular weight is 386 g/mol. The Bertz CT molecular complexity index is 1130. The van der Waals surface area contributed by atoms with Crippen molar-refractivity contribution >= 4 is 11.0 Å². The van der Waals surface area contributed by atoms with Crippen LogP contribution in [0, 0.1) is 0 Å². The first-order valence-electron chi connectivity index (χ1n) is 10.3. The molecule has 148 valence electrons. The number of hydrogen-bond acceptors (Lipinski definition) is 1. The lowest BCUT2D eigenvalue weighted by molar-refractivity contribution is -0.569. The predicted octanol–water partition coefficient (Wildman–Crippen LogP) is 6.16. The first-order valence-corrected chi connectivity index (χ1v) is 10.3. The van der Waals surface area contributed by atoms with Gasteiger partial charge in [0, 0.05) is 11.1 Å². The van der Waals surface area contributed by atoms with E-state index in [1.165, 1.54) is 22.3 Å². The predicted molar refractivity (Wildman–Crippen MR) is 120 cm³/mol. The zero-order valence-electron chi connectivity index (χ0n) is 17.9. The average Bonchev–Trinajstić information content (AvgIpc) is 3.12. The van der Waals surface area contributed by atoms with Crippen LogP contribution < -0.4 is 9.30 Å². The third-order valence-corrected chi connectivity index (χ3v) is 5.56. The Morgan fingerprint density at radius 3 is 2.03 bits per heavy atom. The topological polar surface area (TPSA) is 18.0 Å². The maximum Gasteiger partial charge on any atom is 0.255 e. The van der Waals surface area contributed by atoms with Gasteiger partial charge in [-0.05, 0) is 36.1 Å². The third-order valence-electron chi connectivity index (χ3n) is 5.56. The summed E-state index contributed by atoms with van der Waals surface area (Å²) in [5.41, 5.74) is 7.41. The van der Waals surface area contributed by atoms with Gasteiger partial charge in [-0.1, -0.05) is 70.2 Å². The lowest BCUT2D eigenvalue weighted by atomic mass is 9.92. The molecule has 1 aromatic heterocycles. The molecule has 0 atom stereocenters. The third kappa shape index (κ3) is 3.31. The summed E-state index contributed by atoms with van der Waals surface area (Å²) < 4.78 is 10.2. The van der Waals surface area contributed by atoms with Crippen molar-refractivity contribution in [3.63, 3.8) is 0 Å². The minimum atomic E-state index is 0.435. The molecular formula is C26H29N2O+. The van der Waals surface area contributed by atoms with Crippen LogP contribution in [0.15, 0.2) is 73.1 Å². The van der Waals surface area contributed by atoms with Gasteiger partial charge in [-0.3, -0.25) is 0 Å². The normalized spacial score (nSPS) is 11.6. The summed E-state index contributed by atoms with van der Waals surface area (Å²) in [6.45, 7) is 9.07. The van der Waals surface area contributed by atoms with Gasteiger partial charge in [0.05, 0.1) is 7.11 Å². The minimum absolute atomic E-state index is 0.435. The molecule has 0 bridgehead atoms. The molecule has 0 aliphatic carbocycles. The summed E-state index contributed by atoms with van der Waals surface area (Å²) >= 11 is 0. The minimum Gasteiger partial charge on any atom is -0.492 e. The number of rotatable bonds is 5. The Morgan fingerprint density at radius 1 is 0.759 bits per heavy atom. The lowest BCUT2D eigenvalue weighted by Gasteiger charge is -2.16. The maximum atomic E-state index is 5.66. The van der Waals surface area contributed by atoms with Crippen LogP contribution in [0.3, 0.4) is 0 Å². The molecule has 0 fully saturated rings. The molecule has 0 spiro atoms. The molecule has 4 rings (SSSR count). The molecule has 0 aliphatic rings. The molecule has 0 saturated heterocycles. The molecule has 0 radical (unpaired) electrons. The van der Waals surface area contributed by atoms with Crippen LogP contribution in [0.4, 0.5) is 0 Å². The SMILES string of the molecule is COc1ccccc1-n1c[n+](-c2c(C(C)C)cccc2C(C)C)c2ccccc21. The lowest BCUT2D eigenvalue weighted by Crippen LogP contribution is -2.33. The van der Waals surface area contributed by atoms with Gasteiger partial charge in [-0.15, -0.1) is 0 Å². The number of nitrogens with zero attached hydrogens (tertiary/aromatic N) is 2. The number of methoxy groups -OCH3 is 1. The van der Waals surface area contributed by atoms with Crippen LogP contribution in [-0.2, 0) is 0 Å². The highest BCUT2D eigenvalue weighted by Crippen LogP contribution is 2.31. The molecule has 0 unspecified atom stereocenters. The largest absolute Gasteiger partial charge is 0.492 e. The van der Waals surface area contributed by atoms with Crippen molar-refractivity contribution in [1.29, 1.82) is 0 Å². The van der Waals surface area contributed by atoms with E-state index >= 15 is 0 Å². The fourth-order valence-corrected chi connectivity index (χ4v) is 4.10. The molecule has 0 amide bonds. The second-order valence-corrected chi connectivity index (χ2v) is 8.11. The Kier molecular flexibility index (Phi) is 5.14. The summed E-state index contributed by atoms with van der Waals surface area (Å²) in [7, 11) is 1.73. The Hall–Kier alpha value is -3.07. The highest BCUT2D eigenvalue weighted by molar-refractivity contribution is 5.76. The number of para-hydroxylation sites is 5. The highest BCUT2D eigenvalue weighted by atomic mass is 16.5. The number of benzene rings is 3. The van der Waals surface area contributed by atoms with Crippen molar-refractivity contribution in [2.75, 3.05) is 7.11 Å². The molecule has 3 heteroatoms. The maximum absolute atomic E-state index is 5.66. The van der Waals surface area contributed by atoms with E-state index in [4.69, 9.17) is 4.74 Å². The summed E-state index contributed by atoms with van der Waals surface area (Å²) in [6, 6.07) is 23.5. The van der Waals surface area contributed by atoms with Crippen molar-refractivity contribution in [2.24, 2.45) is 0 Å². The van der Waals surface area contributed by atoms with Crippen LogP contribution in [0.1, 0.15) is 50.7 Å². The molecule has 29 heavy (non-hydrogen) atoms. The van der Waals surface area contributed by atoms with E-state index < -0.39 is 0 Å². The molecule has 3 nitrogen and oxygen atoms in total. The van der Waals surface area contributed by atoms with Gasteiger partial charge in [0.2, 0.25) is 0 Å². The quantitative estimate of drug-likeness (QED) is 0.376. The van der Waals surface area contributed by atoms with E-state index in [1.807, 2.05) is 12.1 Å². The number of hydrogen-bond donors (Lipinski definition) is 0. The molecular weight excluding hydrogens is 356 g/mol. The van der Waals surface area contributed by atoms with Crippen LogP contribution in [0.5, 0.6) is 5.75 Å². The fourth-order valence-electron chi connectivity index (χ4n) is 4.10. The van der Waals surface area contributed by atoms with Crippen molar-refractivity contribution in [2.45, 2.75) is 39.5 Å². The van der Waals surface area contributed by atoms with Gasteiger partial charge in [-0.25, -0.2) is 0 Å². The molecule has 0 aliphatic heterocycles.